The van der Waals surface area contributed by atoms with E-state index in [0.717, 1.165) is 11.1 Å². The van der Waals surface area contributed by atoms with E-state index < -0.39 is 0 Å². The predicted octanol–water partition coefficient (Wildman–Crippen LogP) is 3.02. The first-order chi connectivity index (χ1) is 5.88. The maximum atomic E-state index is 5.71. The van der Waals surface area contributed by atoms with Crippen molar-refractivity contribution in [3.05, 3.63) is 35.4 Å². The van der Waals surface area contributed by atoms with Gasteiger partial charge in [0.05, 0.1) is 5.88 Å². The first-order valence-corrected chi connectivity index (χ1v) is 4.64. The van der Waals surface area contributed by atoms with Crippen molar-refractivity contribution in [1.29, 1.82) is 0 Å². The van der Waals surface area contributed by atoms with Crippen LogP contribution in [0.4, 0.5) is 0 Å². The molecule has 12 heavy (non-hydrogen) atoms. The molecule has 0 aliphatic heterocycles. The van der Waals surface area contributed by atoms with Crippen LogP contribution in [0.1, 0.15) is 11.1 Å². The molecule has 0 fully saturated rings. The van der Waals surface area contributed by atoms with Crippen LogP contribution in [0.25, 0.3) is 0 Å². The molecular weight excluding hydrogens is 191 g/mol. The number of benzene rings is 1. The Hall–Kier alpha value is -0.640. The Kier molecular flexibility index (Phi) is 4.00. The van der Waals surface area contributed by atoms with E-state index in [1.807, 2.05) is 24.3 Å². The standard InChI is InChI=1S/C10H8Cl2/c11-7-3-6-9-4-1-2-5-10(9)8-12/h1-2,4-5H,7-8H2. The van der Waals surface area contributed by atoms with Gasteiger partial charge in [-0.1, -0.05) is 30.0 Å². The molecule has 1 rings (SSSR count). The van der Waals surface area contributed by atoms with Crippen molar-refractivity contribution in [2.45, 2.75) is 5.88 Å². The van der Waals surface area contributed by atoms with Gasteiger partial charge in [0.15, 0.2) is 0 Å². The van der Waals surface area contributed by atoms with Crippen molar-refractivity contribution in [3.8, 4) is 11.8 Å². The van der Waals surface area contributed by atoms with Crippen molar-refractivity contribution >= 4 is 23.2 Å². The highest BCUT2D eigenvalue weighted by atomic mass is 35.5. The van der Waals surface area contributed by atoms with Gasteiger partial charge in [-0.25, -0.2) is 0 Å². The van der Waals surface area contributed by atoms with Crippen molar-refractivity contribution in [1.82, 2.24) is 0 Å². The van der Waals surface area contributed by atoms with Gasteiger partial charge < -0.3 is 0 Å². The van der Waals surface area contributed by atoms with Crippen LogP contribution in [0.3, 0.4) is 0 Å². The molecule has 0 bridgehead atoms. The number of hydrogen-bond acceptors (Lipinski definition) is 0. The van der Waals surface area contributed by atoms with E-state index in [0.29, 0.717) is 11.8 Å². The maximum absolute atomic E-state index is 5.71. The van der Waals surface area contributed by atoms with E-state index in [1.165, 1.54) is 0 Å². The number of alkyl halides is 2. The molecule has 1 aromatic rings. The van der Waals surface area contributed by atoms with Crippen molar-refractivity contribution in [3.63, 3.8) is 0 Å². The highest BCUT2D eigenvalue weighted by molar-refractivity contribution is 6.19. The summed E-state index contributed by atoms with van der Waals surface area (Å²) in [6, 6.07) is 7.79. The summed E-state index contributed by atoms with van der Waals surface area (Å²) in [7, 11) is 0. The summed E-state index contributed by atoms with van der Waals surface area (Å²) in [5.41, 5.74) is 2.02. The van der Waals surface area contributed by atoms with Gasteiger partial charge in [-0.3, -0.25) is 0 Å². The van der Waals surface area contributed by atoms with Crippen LogP contribution in [-0.2, 0) is 5.88 Å². The quantitative estimate of drug-likeness (QED) is 0.481. The van der Waals surface area contributed by atoms with Gasteiger partial charge in [-0.2, -0.15) is 0 Å². The van der Waals surface area contributed by atoms with Gasteiger partial charge >= 0.3 is 0 Å². The van der Waals surface area contributed by atoms with Crippen molar-refractivity contribution < 1.29 is 0 Å². The summed E-state index contributed by atoms with van der Waals surface area (Å²) in [4.78, 5) is 0. The molecule has 0 N–H and O–H groups in total. The summed E-state index contributed by atoms with van der Waals surface area (Å²) in [5, 5.41) is 0. The molecule has 0 spiro atoms. The van der Waals surface area contributed by atoms with E-state index in [9.17, 15) is 0 Å². The van der Waals surface area contributed by atoms with E-state index in [4.69, 9.17) is 23.2 Å². The van der Waals surface area contributed by atoms with Crippen molar-refractivity contribution in [2.24, 2.45) is 0 Å². The van der Waals surface area contributed by atoms with Gasteiger partial charge in [0.25, 0.3) is 0 Å². The van der Waals surface area contributed by atoms with Gasteiger partial charge in [0, 0.05) is 11.4 Å². The number of halogens is 2. The maximum Gasteiger partial charge on any atom is 0.0839 e. The second kappa shape index (κ2) is 5.09. The Morgan fingerprint density at radius 1 is 1.17 bits per heavy atom. The fourth-order valence-corrected chi connectivity index (χ4v) is 1.19. The Balaban J connectivity index is 2.97. The molecule has 0 saturated carbocycles. The summed E-state index contributed by atoms with van der Waals surface area (Å²) in [6.45, 7) is 0. The minimum atomic E-state index is 0.358. The molecule has 0 aliphatic carbocycles. The first-order valence-electron chi connectivity index (χ1n) is 3.57. The van der Waals surface area contributed by atoms with Gasteiger partial charge in [0.1, 0.15) is 0 Å². The monoisotopic (exact) mass is 198 g/mol. The molecule has 2 heteroatoms. The Morgan fingerprint density at radius 2 is 1.92 bits per heavy atom. The summed E-state index contributed by atoms with van der Waals surface area (Å²) in [5.74, 6) is 6.59. The van der Waals surface area contributed by atoms with Crippen LogP contribution in [-0.4, -0.2) is 5.88 Å². The molecule has 0 unspecified atom stereocenters. The van der Waals surface area contributed by atoms with E-state index in [2.05, 4.69) is 11.8 Å². The molecule has 1 aromatic carbocycles. The summed E-state index contributed by atoms with van der Waals surface area (Å²) >= 11 is 11.2. The molecule has 0 aromatic heterocycles. The molecule has 0 amide bonds. The van der Waals surface area contributed by atoms with Crippen LogP contribution in [0.15, 0.2) is 24.3 Å². The Labute approximate surface area is 82.5 Å². The highest BCUT2D eigenvalue weighted by Gasteiger charge is 1.94. The third-order valence-electron chi connectivity index (χ3n) is 1.45. The smallest absolute Gasteiger partial charge is 0.0839 e. The minimum absolute atomic E-state index is 0.358. The third-order valence-corrected chi connectivity index (χ3v) is 1.87. The molecule has 0 aliphatic rings. The summed E-state index contributed by atoms with van der Waals surface area (Å²) in [6.07, 6.45) is 0. The number of hydrogen-bond donors (Lipinski definition) is 0. The third kappa shape index (κ3) is 2.44. The molecule has 0 saturated heterocycles. The average molecular weight is 199 g/mol. The molecule has 0 heterocycles. The second-order valence-corrected chi connectivity index (χ2v) is 2.76. The van der Waals surface area contributed by atoms with E-state index >= 15 is 0 Å². The number of rotatable bonds is 1. The van der Waals surface area contributed by atoms with Gasteiger partial charge in [0.2, 0.25) is 0 Å². The van der Waals surface area contributed by atoms with Crippen LogP contribution in [0.5, 0.6) is 0 Å². The van der Waals surface area contributed by atoms with E-state index in [1.54, 1.807) is 0 Å². The SMILES string of the molecule is ClCC#Cc1ccccc1CCl. The molecule has 0 atom stereocenters. The Bertz CT molecular complexity index is 307. The zero-order valence-electron chi connectivity index (χ0n) is 6.48. The minimum Gasteiger partial charge on any atom is -0.122 e. The topological polar surface area (TPSA) is 0 Å². The van der Waals surface area contributed by atoms with Gasteiger partial charge in [-0.05, 0) is 11.6 Å². The summed E-state index contributed by atoms with van der Waals surface area (Å²) < 4.78 is 0. The normalized spacial score (nSPS) is 8.83. The molecular formula is C10H8Cl2. The van der Waals surface area contributed by atoms with Crippen LogP contribution in [0.2, 0.25) is 0 Å². The fraction of sp³-hybridized carbons (Fsp3) is 0.200. The van der Waals surface area contributed by atoms with Crippen molar-refractivity contribution in [2.75, 3.05) is 5.88 Å². The van der Waals surface area contributed by atoms with E-state index in [-0.39, 0.29) is 0 Å². The lowest BCUT2D eigenvalue weighted by atomic mass is 10.1. The second-order valence-electron chi connectivity index (χ2n) is 2.23. The van der Waals surface area contributed by atoms with Crippen LogP contribution in [0, 0.1) is 11.8 Å². The highest BCUT2D eigenvalue weighted by Crippen LogP contribution is 2.09. The Morgan fingerprint density at radius 3 is 2.58 bits per heavy atom. The zero-order valence-corrected chi connectivity index (χ0v) is 7.99. The average Bonchev–Trinajstić information content (AvgIpc) is 2.15. The fourth-order valence-electron chi connectivity index (χ4n) is 0.887. The zero-order chi connectivity index (χ0) is 8.81. The molecule has 62 valence electrons. The van der Waals surface area contributed by atoms with Crippen LogP contribution >= 0.6 is 23.2 Å². The first kappa shape index (κ1) is 9.45. The largest absolute Gasteiger partial charge is 0.122 e. The predicted molar refractivity (Wildman–Crippen MR) is 53.6 cm³/mol. The molecule has 0 nitrogen and oxygen atoms in total. The lowest BCUT2D eigenvalue weighted by Crippen LogP contribution is -1.84. The lowest BCUT2D eigenvalue weighted by Gasteiger charge is -1.97. The van der Waals surface area contributed by atoms with Gasteiger partial charge in [-0.15, -0.1) is 23.2 Å². The van der Waals surface area contributed by atoms with Crippen LogP contribution < -0.4 is 0 Å². The lowest BCUT2D eigenvalue weighted by molar-refractivity contribution is 1.37. The molecule has 0 radical (unpaired) electrons.